The number of halogens is 4. The van der Waals surface area contributed by atoms with Crippen LogP contribution in [0, 0.1) is 18.6 Å². The number of ketones is 1. The minimum Gasteiger partial charge on any atom is -0.484 e. The van der Waals surface area contributed by atoms with Crippen LogP contribution in [0.1, 0.15) is 12.6 Å². The fourth-order valence-electron chi connectivity index (χ4n) is 2.13. The Hall–Kier alpha value is -2.64. The largest absolute Gasteiger partial charge is 0.484 e. The van der Waals surface area contributed by atoms with Crippen molar-refractivity contribution in [3.8, 4) is 17.2 Å². The van der Waals surface area contributed by atoms with Gasteiger partial charge >= 0.3 is 0 Å². The van der Waals surface area contributed by atoms with Gasteiger partial charge in [-0.15, -0.1) is 0 Å². The van der Waals surface area contributed by atoms with Gasteiger partial charge in [-0.3, -0.25) is 9.48 Å². The molecule has 0 spiro atoms. The molecule has 3 aromatic rings. The summed E-state index contributed by atoms with van der Waals surface area (Å²) >= 11 is 11.5. The molecule has 0 aliphatic rings. The Morgan fingerprint density at radius 2 is 1.59 bits per heavy atom. The van der Waals surface area contributed by atoms with E-state index in [4.69, 9.17) is 32.7 Å². The molecule has 0 radical (unpaired) electrons. The lowest BCUT2D eigenvalue weighted by atomic mass is 10.3. The van der Waals surface area contributed by atoms with Crippen LogP contribution < -0.4 is 9.47 Å². The van der Waals surface area contributed by atoms with Crippen LogP contribution in [0.25, 0.3) is 0 Å². The first-order valence-corrected chi connectivity index (χ1v) is 9.11. The summed E-state index contributed by atoms with van der Waals surface area (Å²) < 4.78 is 37.5. The van der Waals surface area contributed by atoms with E-state index < -0.39 is 5.82 Å². The Balaban J connectivity index is 0.000000212. The van der Waals surface area contributed by atoms with Crippen LogP contribution >= 0.6 is 23.2 Å². The highest BCUT2D eigenvalue weighted by Gasteiger charge is 2.09. The molecule has 154 valence electrons. The summed E-state index contributed by atoms with van der Waals surface area (Å²) in [5, 5.41) is 4.54. The van der Waals surface area contributed by atoms with E-state index >= 15 is 0 Å². The molecule has 2 aromatic carbocycles. The molecule has 0 aliphatic heterocycles. The normalized spacial score (nSPS) is 10.2. The monoisotopic (exact) mass is 442 g/mol. The van der Waals surface area contributed by atoms with Gasteiger partial charge in [-0.05, 0) is 50.2 Å². The molecular formula is C20H18Cl2F2N2O3. The molecule has 0 atom stereocenters. The molecule has 29 heavy (non-hydrogen) atoms. The molecule has 0 unspecified atom stereocenters. The third kappa shape index (κ3) is 7.03. The second-order valence-corrected chi connectivity index (χ2v) is 6.81. The van der Waals surface area contributed by atoms with Crippen molar-refractivity contribution in [3.05, 3.63) is 70.0 Å². The molecule has 0 bridgehead atoms. The number of ether oxygens (including phenoxy) is 2. The number of nitrogens with zero attached hydrogens (tertiary/aromatic N) is 2. The van der Waals surface area contributed by atoms with E-state index in [0.717, 1.165) is 11.8 Å². The van der Waals surface area contributed by atoms with Crippen LogP contribution in [0.5, 0.6) is 17.2 Å². The molecular weight excluding hydrogens is 425 g/mol. The summed E-state index contributed by atoms with van der Waals surface area (Å²) in [6, 6.07) is 7.75. The Morgan fingerprint density at radius 1 is 1.03 bits per heavy atom. The van der Waals surface area contributed by atoms with Gasteiger partial charge in [0.15, 0.2) is 11.5 Å². The third-order valence-corrected chi connectivity index (χ3v) is 4.00. The minimum absolute atomic E-state index is 0.0502. The van der Waals surface area contributed by atoms with Gasteiger partial charge in [-0.1, -0.05) is 23.2 Å². The second kappa shape index (κ2) is 10.2. The molecule has 0 N–H and O–H groups in total. The van der Waals surface area contributed by atoms with Crippen molar-refractivity contribution in [2.75, 3.05) is 6.61 Å². The third-order valence-electron chi connectivity index (χ3n) is 3.41. The predicted octanol–water partition coefficient (Wildman–Crippen LogP) is 5.76. The lowest BCUT2D eigenvalue weighted by Gasteiger charge is -2.05. The first-order chi connectivity index (χ1) is 13.7. The summed E-state index contributed by atoms with van der Waals surface area (Å²) in [7, 11) is 1.80. The standard InChI is InChI=1S/C11H10ClFN2O.C9H8ClFO2/c1-7-11(6-15(2)14-7)16-10-4-3-8(13)5-9(10)12;1-6(12)5-13-9-3-2-7(11)4-8(9)10/h3-6H,1-2H3;2-4H,5H2,1H3. The van der Waals surface area contributed by atoms with Crippen molar-refractivity contribution >= 4 is 29.0 Å². The van der Waals surface area contributed by atoms with Crippen molar-refractivity contribution in [1.82, 2.24) is 9.78 Å². The number of benzene rings is 2. The van der Waals surface area contributed by atoms with Crippen LogP contribution in [0.3, 0.4) is 0 Å². The van der Waals surface area contributed by atoms with Crippen molar-refractivity contribution < 1.29 is 23.0 Å². The van der Waals surface area contributed by atoms with Crippen molar-refractivity contribution in [2.45, 2.75) is 13.8 Å². The van der Waals surface area contributed by atoms with Gasteiger partial charge in [0.05, 0.1) is 16.2 Å². The summed E-state index contributed by atoms with van der Waals surface area (Å²) in [6.45, 7) is 3.18. The molecule has 0 aliphatic carbocycles. The van der Waals surface area contributed by atoms with E-state index in [1.165, 1.54) is 37.3 Å². The molecule has 0 saturated heterocycles. The Kier molecular flexibility index (Phi) is 7.99. The maximum Gasteiger partial charge on any atom is 0.168 e. The number of carbonyl (C=O) groups excluding carboxylic acids is 1. The number of carbonyl (C=O) groups is 1. The molecule has 1 heterocycles. The molecule has 9 heteroatoms. The van der Waals surface area contributed by atoms with Crippen molar-refractivity contribution in [1.29, 1.82) is 0 Å². The lowest BCUT2D eigenvalue weighted by Crippen LogP contribution is -2.06. The smallest absolute Gasteiger partial charge is 0.168 e. The van der Waals surface area contributed by atoms with E-state index in [1.807, 2.05) is 6.92 Å². The van der Waals surface area contributed by atoms with E-state index in [1.54, 1.807) is 17.9 Å². The highest BCUT2D eigenvalue weighted by molar-refractivity contribution is 6.32. The van der Waals surface area contributed by atoms with E-state index in [0.29, 0.717) is 17.2 Å². The first-order valence-electron chi connectivity index (χ1n) is 8.36. The van der Waals surface area contributed by atoms with Gasteiger partial charge in [-0.2, -0.15) is 5.10 Å². The SMILES string of the molecule is CC(=O)COc1ccc(F)cc1Cl.Cc1nn(C)cc1Oc1ccc(F)cc1Cl. The maximum absolute atomic E-state index is 12.8. The maximum atomic E-state index is 12.8. The van der Waals surface area contributed by atoms with Gasteiger partial charge in [0.2, 0.25) is 0 Å². The minimum atomic E-state index is -0.430. The van der Waals surface area contributed by atoms with Crippen LogP contribution in [-0.2, 0) is 11.8 Å². The molecule has 0 fully saturated rings. The van der Waals surface area contributed by atoms with Gasteiger partial charge < -0.3 is 9.47 Å². The first kappa shape index (κ1) is 22.6. The molecule has 3 rings (SSSR count). The summed E-state index contributed by atoms with van der Waals surface area (Å²) in [5.41, 5.74) is 0.753. The quantitative estimate of drug-likeness (QED) is 0.503. The molecule has 0 saturated carbocycles. The summed E-state index contributed by atoms with van der Waals surface area (Å²) in [5.74, 6) is 0.411. The highest BCUT2D eigenvalue weighted by Crippen LogP contribution is 2.31. The summed E-state index contributed by atoms with van der Waals surface area (Å²) in [4.78, 5) is 10.6. The Bertz CT molecular complexity index is 1010. The Morgan fingerprint density at radius 3 is 2.03 bits per heavy atom. The summed E-state index contributed by atoms with van der Waals surface area (Å²) in [6.07, 6.45) is 1.73. The zero-order valence-electron chi connectivity index (χ0n) is 15.9. The Labute approximate surface area is 176 Å². The van der Waals surface area contributed by atoms with Crippen molar-refractivity contribution in [2.24, 2.45) is 7.05 Å². The van der Waals surface area contributed by atoms with Crippen LogP contribution in [-0.4, -0.2) is 22.2 Å². The van der Waals surface area contributed by atoms with E-state index in [9.17, 15) is 13.6 Å². The van der Waals surface area contributed by atoms with Gasteiger partial charge in [0.1, 0.15) is 35.4 Å². The van der Waals surface area contributed by atoms with E-state index in [-0.39, 0.29) is 28.3 Å². The second-order valence-electron chi connectivity index (χ2n) is 5.99. The molecule has 1 aromatic heterocycles. The van der Waals surface area contributed by atoms with Crippen LogP contribution in [0.15, 0.2) is 42.6 Å². The van der Waals surface area contributed by atoms with Crippen molar-refractivity contribution in [3.63, 3.8) is 0 Å². The highest BCUT2D eigenvalue weighted by atomic mass is 35.5. The number of rotatable bonds is 5. The fraction of sp³-hybridized carbons (Fsp3) is 0.200. The van der Waals surface area contributed by atoms with Gasteiger partial charge in [-0.25, -0.2) is 8.78 Å². The number of hydrogen-bond donors (Lipinski definition) is 0. The fourth-order valence-corrected chi connectivity index (χ4v) is 2.55. The van der Waals surface area contributed by atoms with Gasteiger partial charge in [0.25, 0.3) is 0 Å². The topological polar surface area (TPSA) is 53.3 Å². The molecule has 0 amide bonds. The average molecular weight is 443 g/mol. The number of aromatic nitrogens is 2. The number of Topliss-reactive ketones (excluding diaryl/α,β-unsaturated/α-hetero) is 1. The lowest BCUT2D eigenvalue weighted by molar-refractivity contribution is -0.118. The predicted molar refractivity (Wildman–Crippen MR) is 107 cm³/mol. The average Bonchev–Trinajstić information content (AvgIpc) is 2.94. The van der Waals surface area contributed by atoms with Gasteiger partial charge in [0, 0.05) is 7.05 Å². The number of aryl methyl sites for hydroxylation is 2. The number of hydrogen-bond acceptors (Lipinski definition) is 4. The molecule has 5 nitrogen and oxygen atoms in total. The van der Waals surface area contributed by atoms with Crippen LogP contribution in [0.4, 0.5) is 8.78 Å². The van der Waals surface area contributed by atoms with Crippen LogP contribution in [0.2, 0.25) is 10.0 Å². The van der Waals surface area contributed by atoms with E-state index in [2.05, 4.69) is 5.10 Å². The zero-order valence-corrected chi connectivity index (χ0v) is 17.4. The zero-order chi connectivity index (χ0) is 21.6.